The van der Waals surface area contributed by atoms with E-state index in [1.807, 2.05) is 6.92 Å². The summed E-state index contributed by atoms with van der Waals surface area (Å²) in [5.74, 6) is -0.290. The summed E-state index contributed by atoms with van der Waals surface area (Å²) < 4.78 is 0. The molecule has 0 saturated heterocycles. The third kappa shape index (κ3) is 5.44. The number of hydrogen-bond acceptors (Lipinski definition) is 3. The van der Waals surface area contributed by atoms with Gasteiger partial charge in [0.25, 0.3) is 0 Å². The molecule has 0 amide bonds. The fourth-order valence-corrected chi connectivity index (χ4v) is 2.97. The van der Waals surface area contributed by atoms with Gasteiger partial charge in [0.05, 0.1) is 6.42 Å². The van der Waals surface area contributed by atoms with Gasteiger partial charge in [-0.1, -0.05) is 47.0 Å². The second-order valence-corrected chi connectivity index (χ2v) is 6.21. The molecular weight excluding hydrogens is 268 g/mol. The van der Waals surface area contributed by atoms with Crippen LogP contribution in [0.3, 0.4) is 0 Å². The largest absolute Gasteiger partial charge is 0.481 e. The number of carboxylic acids is 1. The Balaban J connectivity index is 2.80. The average Bonchev–Trinajstić information content (AvgIpc) is 2.46. The van der Waals surface area contributed by atoms with Gasteiger partial charge in [0.2, 0.25) is 0 Å². The van der Waals surface area contributed by atoms with Crippen molar-refractivity contribution in [3.8, 4) is 0 Å². The molecule has 0 radical (unpaired) electrons. The highest BCUT2D eigenvalue weighted by Gasteiger charge is 2.37. The van der Waals surface area contributed by atoms with Gasteiger partial charge in [0.1, 0.15) is 11.7 Å². The molecule has 0 aromatic heterocycles. The molecular formula is C17H30O4. The van der Waals surface area contributed by atoms with E-state index < -0.39 is 17.7 Å². The highest BCUT2D eigenvalue weighted by molar-refractivity contribution is 5.68. The number of unbranched alkanes of at least 4 members (excludes halogenated alkanes) is 1. The first-order valence-electron chi connectivity index (χ1n) is 8.24. The first-order chi connectivity index (χ1) is 9.96. The van der Waals surface area contributed by atoms with E-state index in [9.17, 15) is 4.79 Å². The Morgan fingerprint density at radius 3 is 2.67 bits per heavy atom. The van der Waals surface area contributed by atoms with Gasteiger partial charge >= 0.3 is 5.97 Å². The lowest BCUT2D eigenvalue weighted by Crippen LogP contribution is -2.40. The fraction of sp³-hybridized carbons (Fsp3) is 0.824. The van der Waals surface area contributed by atoms with Crippen molar-refractivity contribution in [1.82, 2.24) is 0 Å². The van der Waals surface area contributed by atoms with Crippen molar-refractivity contribution in [2.75, 3.05) is 0 Å². The van der Waals surface area contributed by atoms with Crippen molar-refractivity contribution >= 4 is 5.97 Å². The second kappa shape index (κ2) is 8.54. The summed E-state index contributed by atoms with van der Waals surface area (Å²) in [6, 6.07) is 0. The van der Waals surface area contributed by atoms with Crippen LogP contribution in [0.4, 0.5) is 0 Å². The number of rotatable bonds is 9. The molecule has 0 aromatic rings. The summed E-state index contributed by atoms with van der Waals surface area (Å²) in [5.41, 5.74) is 0.654. The van der Waals surface area contributed by atoms with Gasteiger partial charge in [-0.15, -0.1) is 0 Å². The fourth-order valence-electron chi connectivity index (χ4n) is 2.97. The predicted molar refractivity (Wildman–Crippen MR) is 82.9 cm³/mol. The zero-order valence-corrected chi connectivity index (χ0v) is 13.9. The maximum atomic E-state index is 10.9. The minimum atomic E-state index is -0.858. The molecule has 0 aromatic carbocycles. The lowest BCUT2D eigenvalue weighted by molar-refractivity contribution is -0.378. The van der Waals surface area contributed by atoms with E-state index in [1.54, 1.807) is 0 Å². The van der Waals surface area contributed by atoms with Crippen molar-refractivity contribution in [3.63, 3.8) is 0 Å². The molecule has 122 valence electrons. The van der Waals surface area contributed by atoms with Gasteiger partial charge in [-0.3, -0.25) is 4.79 Å². The van der Waals surface area contributed by atoms with Gasteiger partial charge in [0, 0.05) is 0 Å². The third-order valence-corrected chi connectivity index (χ3v) is 4.30. The van der Waals surface area contributed by atoms with Gasteiger partial charge in [-0.05, 0) is 36.8 Å². The monoisotopic (exact) mass is 298 g/mol. The SMILES string of the molecule is CCCC[C@H](C)C[C@]1(CC)C=C(CC)[C@H](CC(=O)O)OO1. The second-order valence-electron chi connectivity index (χ2n) is 6.21. The third-order valence-electron chi connectivity index (χ3n) is 4.30. The first-order valence-corrected chi connectivity index (χ1v) is 8.24. The molecule has 0 bridgehead atoms. The Hall–Kier alpha value is -0.870. The van der Waals surface area contributed by atoms with Crippen LogP contribution in [0, 0.1) is 5.92 Å². The molecule has 1 aliphatic heterocycles. The molecule has 4 nitrogen and oxygen atoms in total. The van der Waals surface area contributed by atoms with E-state index in [-0.39, 0.29) is 6.42 Å². The Morgan fingerprint density at radius 1 is 1.43 bits per heavy atom. The van der Waals surface area contributed by atoms with E-state index in [2.05, 4.69) is 26.8 Å². The Kier molecular flexibility index (Phi) is 7.40. The van der Waals surface area contributed by atoms with Gasteiger partial charge in [0.15, 0.2) is 0 Å². The van der Waals surface area contributed by atoms with Gasteiger partial charge in [-0.25, -0.2) is 9.78 Å². The van der Waals surface area contributed by atoms with Crippen LogP contribution in [0.1, 0.15) is 72.6 Å². The molecule has 1 N–H and O–H groups in total. The molecule has 0 unspecified atom stereocenters. The Bertz CT molecular complexity index is 364. The highest BCUT2D eigenvalue weighted by Crippen LogP contribution is 2.36. The Labute approximate surface area is 128 Å². The highest BCUT2D eigenvalue weighted by atomic mass is 17.2. The quantitative estimate of drug-likeness (QED) is 0.503. The van der Waals surface area contributed by atoms with Crippen LogP contribution in [-0.4, -0.2) is 22.8 Å². The van der Waals surface area contributed by atoms with Crippen LogP contribution >= 0.6 is 0 Å². The summed E-state index contributed by atoms with van der Waals surface area (Å²) in [6.07, 6.45) is 7.84. The van der Waals surface area contributed by atoms with Crippen molar-refractivity contribution in [2.24, 2.45) is 5.92 Å². The molecule has 0 fully saturated rings. The lowest BCUT2D eigenvalue weighted by atomic mass is 9.83. The number of hydrogen-bond donors (Lipinski definition) is 1. The van der Waals surface area contributed by atoms with Crippen molar-refractivity contribution < 1.29 is 19.7 Å². The van der Waals surface area contributed by atoms with Crippen LogP contribution in [0.5, 0.6) is 0 Å². The van der Waals surface area contributed by atoms with Crippen LogP contribution in [0.25, 0.3) is 0 Å². The standard InChI is InChI=1S/C17H30O4/c1-5-8-9-13(4)11-17(7-3)12-14(6-2)15(20-21-17)10-16(18)19/h12-13,15H,5-11H2,1-4H3,(H,18,19)/t13-,15-,17+/m0/s1. The summed E-state index contributed by atoms with van der Waals surface area (Å²) in [6.45, 7) is 8.58. The molecule has 0 spiro atoms. The van der Waals surface area contributed by atoms with E-state index >= 15 is 0 Å². The summed E-state index contributed by atoms with van der Waals surface area (Å²) in [7, 11) is 0. The topological polar surface area (TPSA) is 55.8 Å². The maximum absolute atomic E-state index is 10.9. The van der Waals surface area contributed by atoms with E-state index in [0.717, 1.165) is 24.8 Å². The Morgan fingerprint density at radius 2 is 2.14 bits per heavy atom. The maximum Gasteiger partial charge on any atom is 0.306 e. The minimum absolute atomic E-state index is 0.0368. The van der Waals surface area contributed by atoms with E-state index in [4.69, 9.17) is 14.9 Å². The van der Waals surface area contributed by atoms with Gasteiger partial charge < -0.3 is 5.11 Å². The normalized spacial score (nSPS) is 27.2. The summed E-state index contributed by atoms with van der Waals surface area (Å²) in [5, 5.41) is 8.95. The molecule has 3 atom stereocenters. The number of carbonyl (C=O) groups is 1. The van der Waals surface area contributed by atoms with E-state index in [0.29, 0.717) is 5.92 Å². The minimum Gasteiger partial charge on any atom is -0.481 e. The van der Waals surface area contributed by atoms with Crippen molar-refractivity contribution in [2.45, 2.75) is 84.3 Å². The number of aliphatic carboxylic acids is 1. The zero-order chi connectivity index (χ0) is 15.9. The van der Waals surface area contributed by atoms with Crippen LogP contribution in [-0.2, 0) is 14.6 Å². The molecule has 21 heavy (non-hydrogen) atoms. The molecule has 4 heteroatoms. The lowest BCUT2D eigenvalue weighted by Gasteiger charge is -2.38. The van der Waals surface area contributed by atoms with Crippen LogP contribution in [0.15, 0.2) is 11.6 Å². The number of carboxylic acid groups (broad SMARTS) is 1. The average molecular weight is 298 g/mol. The smallest absolute Gasteiger partial charge is 0.306 e. The van der Waals surface area contributed by atoms with Crippen LogP contribution in [0.2, 0.25) is 0 Å². The molecule has 1 heterocycles. The molecule has 1 aliphatic rings. The zero-order valence-electron chi connectivity index (χ0n) is 13.9. The first kappa shape index (κ1) is 18.2. The van der Waals surface area contributed by atoms with Crippen molar-refractivity contribution in [1.29, 1.82) is 0 Å². The molecule has 1 rings (SSSR count). The van der Waals surface area contributed by atoms with Gasteiger partial charge in [-0.2, -0.15) is 0 Å². The predicted octanol–water partition coefficient (Wildman–Crippen LogP) is 4.49. The summed E-state index contributed by atoms with van der Waals surface area (Å²) in [4.78, 5) is 22.0. The molecule has 0 saturated carbocycles. The van der Waals surface area contributed by atoms with Crippen LogP contribution < -0.4 is 0 Å². The van der Waals surface area contributed by atoms with E-state index in [1.165, 1.54) is 19.3 Å². The summed E-state index contributed by atoms with van der Waals surface area (Å²) >= 11 is 0. The molecule has 0 aliphatic carbocycles. The van der Waals surface area contributed by atoms with Crippen molar-refractivity contribution in [3.05, 3.63) is 11.6 Å².